The Morgan fingerprint density at radius 1 is 1.23 bits per heavy atom. The van der Waals surface area contributed by atoms with Crippen LogP contribution in [0.15, 0.2) is 40.8 Å². The number of hydrogen-bond acceptors (Lipinski definition) is 2. The second-order valence-electron chi connectivity index (χ2n) is 5.69. The van der Waals surface area contributed by atoms with Crippen molar-refractivity contribution in [3.8, 4) is 0 Å². The molecule has 1 aromatic carbocycles. The highest BCUT2D eigenvalue weighted by Gasteiger charge is 2.16. The van der Waals surface area contributed by atoms with Gasteiger partial charge in [0, 0.05) is 16.6 Å². The van der Waals surface area contributed by atoms with E-state index in [-0.39, 0.29) is 11.9 Å². The molecule has 22 heavy (non-hydrogen) atoms. The van der Waals surface area contributed by atoms with Crippen LogP contribution in [-0.4, -0.2) is 10.9 Å². The summed E-state index contributed by atoms with van der Waals surface area (Å²) < 4.78 is 5.55. The van der Waals surface area contributed by atoms with Gasteiger partial charge >= 0.3 is 0 Å². The largest absolute Gasteiger partial charge is 0.464 e. The Morgan fingerprint density at radius 3 is 2.73 bits per heavy atom. The summed E-state index contributed by atoms with van der Waals surface area (Å²) in [4.78, 5) is 15.7. The molecule has 1 atom stereocenters. The van der Waals surface area contributed by atoms with Crippen molar-refractivity contribution in [2.24, 2.45) is 0 Å². The average Bonchev–Trinajstić information content (AvgIpc) is 3.04. The number of carbonyl (C=O) groups is 1. The molecule has 2 heterocycles. The molecular weight excluding hydrogens is 276 g/mol. The summed E-state index contributed by atoms with van der Waals surface area (Å²) in [5, 5.41) is 4.10. The van der Waals surface area contributed by atoms with Crippen LogP contribution in [0.5, 0.6) is 0 Å². The summed E-state index contributed by atoms with van der Waals surface area (Å²) in [5.74, 6) is 1.62. The van der Waals surface area contributed by atoms with Crippen molar-refractivity contribution in [3.63, 3.8) is 0 Å². The van der Waals surface area contributed by atoms with Crippen LogP contribution in [0, 0.1) is 13.8 Å². The molecule has 0 unspecified atom stereocenters. The maximum Gasteiger partial charge on any atom is 0.225 e. The lowest BCUT2D eigenvalue weighted by atomic mass is 10.1. The van der Waals surface area contributed by atoms with Gasteiger partial charge in [0.2, 0.25) is 5.91 Å². The average molecular weight is 296 g/mol. The fourth-order valence-corrected chi connectivity index (χ4v) is 2.77. The fraction of sp³-hybridized carbons (Fsp3) is 0.278. The first-order valence-corrected chi connectivity index (χ1v) is 7.46. The van der Waals surface area contributed by atoms with E-state index >= 15 is 0 Å². The van der Waals surface area contributed by atoms with Gasteiger partial charge in [-0.15, -0.1) is 0 Å². The molecule has 2 aromatic heterocycles. The number of para-hydroxylation sites is 1. The van der Waals surface area contributed by atoms with Crippen molar-refractivity contribution < 1.29 is 9.21 Å². The molecule has 0 bridgehead atoms. The molecule has 0 saturated heterocycles. The van der Waals surface area contributed by atoms with E-state index in [0.29, 0.717) is 6.42 Å². The predicted octanol–water partition coefficient (Wildman–Crippen LogP) is 3.80. The van der Waals surface area contributed by atoms with E-state index < -0.39 is 0 Å². The maximum atomic E-state index is 12.3. The monoisotopic (exact) mass is 296 g/mol. The van der Waals surface area contributed by atoms with Gasteiger partial charge in [-0.1, -0.05) is 18.2 Å². The highest BCUT2D eigenvalue weighted by atomic mass is 16.3. The number of rotatable bonds is 4. The standard InChI is InChI=1S/C18H20N2O2/c1-11-8-9-17(22-11)13(3)20-18(21)10-15-12(2)19-16-7-5-4-6-14(15)16/h4-9,13,19H,10H2,1-3H3,(H,20,21)/t13-/m0/s1. The number of hydrogen-bond donors (Lipinski definition) is 2. The molecular formula is C18H20N2O2. The second-order valence-corrected chi connectivity index (χ2v) is 5.69. The van der Waals surface area contributed by atoms with Crippen LogP contribution in [-0.2, 0) is 11.2 Å². The van der Waals surface area contributed by atoms with Crippen molar-refractivity contribution in [2.75, 3.05) is 0 Å². The lowest BCUT2D eigenvalue weighted by molar-refractivity contribution is -0.121. The Labute approximate surface area is 129 Å². The number of amides is 1. The smallest absolute Gasteiger partial charge is 0.225 e. The van der Waals surface area contributed by atoms with Crippen molar-refractivity contribution in [2.45, 2.75) is 33.2 Å². The highest BCUT2D eigenvalue weighted by molar-refractivity contribution is 5.90. The van der Waals surface area contributed by atoms with E-state index in [9.17, 15) is 4.79 Å². The van der Waals surface area contributed by atoms with Gasteiger partial charge in [0.15, 0.2) is 0 Å². The number of furan rings is 1. The Hall–Kier alpha value is -2.49. The minimum Gasteiger partial charge on any atom is -0.464 e. The number of fused-ring (bicyclic) bond motifs is 1. The lowest BCUT2D eigenvalue weighted by Gasteiger charge is -2.11. The number of aromatic amines is 1. The van der Waals surface area contributed by atoms with E-state index in [1.807, 2.05) is 57.2 Å². The quantitative estimate of drug-likeness (QED) is 0.769. The molecule has 0 aliphatic rings. The van der Waals surface area contributed by atoms with Crippen LogP contribution in [0.25, 0.3) is 10.9 Å². The van der Waals surface area contributed by atoms with Gasteiger partial charge in [0.1, 0.15) is 11.5 Å². The third-order valence-electron chi connectivity index (χ3n) is 3.93. The molecule has 0 radical (unpaired) electrons. The Morgan fingerprint density at radius 2 is 2.00 bits per heavy atom. The molecule has 0 fully saturated rings. The first-order chi connectivity index (χ1) is 10.5. The van der Waals surface area contributed by atoms with Gasteiger partial charge in [0.05, 0.1) is 12.5 Å². The molecule has 114 valence electrons. The second kappa shape index (κ2) is 5.72. The number of benzene rings is 1. The Kier molecular flexibility index (Phi) is 3.75. The molecule has 4 heteroatoms. The molecule has 3 aromatic rings. The first kappa shape index (κ1) is 14.4. The van der Waals surface area contributed by atoms with Crippen LogP contribution in [0.4, 0.5) is 0 Å². The zero-order valence-electron chi connectivity index (χ0n) is 13.1. The molecule has 4 nitrogen and oxygen atoms in total. The van der Waals surface area contributed by atoms with E-state index in [1.54, 1.807) is 0 Å². The van der Waals surface area contributed by atoms with Gasteiger partial charge in [-0.3, -0.25) is 4.79 Å². The summed E-state index contributed by atoms with van der Waals surface area (Å²) in [7, 11) is 0. The molecule has 3 rings (SSSR count). The Balaban J connectivity index is 1.74. The highest BCUT2D eigenvalue weighted by Crippen LogP contribution is 2.23. The summed E-state index contributed by atoms with van der Waals surface area (Å²) in [6.45, 7) is 5.83. The number of H-pyrrole nitrogens is 1. The van der Waals surface area contributed by atoms with E-state index in [4.69, 9.17) is 4.42 Å². The number of aromatic nitrogens is 1. The number of aryl methyl sites for hydroxylation is 2. The van der Waals surface area contributed by atoms with Crippen molar-refractivity contribution >= 4 is 16.8 Å². The predicted molar refractivity (Wildman–Crippen MR) is 86.7 cm³/mol. The van der Waals surface area contributed by atoms with Crippen LogP contribution in [0.1, 0.15) is 35.7 Å². The molecule has 0 aliphatic heterocycles. The zero-order valence-corrected chi connectivity index (χ0v) is 13.1. The van der Waals surface area contributed by atoms with Crippen LogP contribution < -0.4 is 5.32 Å². The fourth-order valence-electron chi connectivity index (χ4n) is 2.77. The van der Waals surface area contributed by atoms with Gasteiger partial charge in [-0.25, -0.2) is 0 Å². The van der Waals surface area contributed by atoms with Crippen molar-refractivity contribution in [3.05, 3.63) is 59.2 Å². The molecule has 0 spiro atoms. The molecule has 1 amide bonds. The summed E-state index contributed by atoms with van der Waals surface area (Å²) in [5.41, 5.74) is 3.16. The first-order valence-electron chi connectivity index (χ1n) is 7.46. The Bertz CT molecular complexity index is 813. The number of carbonyl (C=O) groups excluding carboxylic acids is 1. The lowest BCUT2D eigenvalue weighted by Crippen LogP contribution is -2.28. The third-order valence-corrected chi connectivity index (χ3v) is 3.93. The topological polar surface area (TPSA) is 58.0 Å². The van der Waals surface area contributed by atoms with Crippen molar-refractivity contribution in [1.82, 2.24) is 10.3 Å². The van der Waals surface area contributed by atoms with Crippen molar-refractivity contribution in [1.29, 1.82) is 0 Å². The van der Waals surface area contributed by atoms with E-state index in [1.165, 1.54) is 0 Å². The van der Waals surface area contributed by atoms with Gasteiger partial charge < -0.3 is 14.7 Å². The normalized spacial score (nSPS) is 12.5. The SMILES string of the molecule is Cc1ccc([C@H](C)NC(=O)Cc2c(C)[nH]c3ccccc23)o1. The van der Waals surface area contributed by atoms with E-state index in [0.717, 1.165) is 33.7 Å². The summed E-state index contributed by atoms with van der Waals surface area (Å²) in [6, 6.07) is 11.7. The molecule has 0 saturated carbocycles. The number of nitrogens with one attached hydrogen (secondary N) is 2. The molecule has 2 N–H and O–H groups in total. The van der Waals surface area contributed by atoms with Crippen LogP contribution >= 0.6 is 0 Å². The minimum atomic E-state index is -0.133. The maximum absolute atomic E-state index is 12.3. The molecule has 0 aliphatic carbocycles. The summed E-state index contributed by atoms with van der Waals surface area (Å²) >= 11 is 0. The van der Waals surface area contributed by atoms with Gasteiger partial charge in [-0.2, -0.15) is 0 Å². The third kappa shape index (κ3) is 2.77. The van der Waals surface area contributed by atoms with Gasteiger partial charge in [0.25, 0.3) is 0 Å². The van der Waals surface area contributed by atoms with E-state index in [2.05, 4.69) is 10.3 Å². The zero-order chi connectivity index (χ0) is 15.7. The minimum absolute atomic E-state index is 0.00518. The van der Waals surface area contributed by atoms with Crippen LogP contribution in [0.3, 0.4) is 0 Å². The summed E-state index contributed by atoms with van der Waals surface area (Å²) in [6.07, 6.45) is 0.361. The van der Waals surface area contributed by atoms with Crippen LogP contribution in [0.2, 0.25) is 0 Å². The van der Waals surface area contributed by atoms with Gasteiger partial charge in [-0.05, 0) is 44.5 Å².